The molecule has 2 nitrogen and oxygen atoms in total. The summed E-state index contributed by atoms with van der Waals surface area (Å²) >= 11 is 7.56. The average molecular weight is 392 g/mol. The Morgan fingerprint density at radius 1 is 1.13 bits per heavy atom. The van der Waals surface area contributed by atoms with Gasteiger partial charge in [-0.25, -0.2) is 4.40 Å². The van der Waals surface area contributed by atoms with Gasteiger partial charge in [-0.15, -0.1) is 0 Å². The van der Waals surface area contributed by atoms with Gasteiger partial charge in [0.25, 0.3) is 0 Å². The van der Waals surface area contributed by atoms with E-state index in [0.717, 1.165) is 39.4 Å². The molecule has 0 aromatic heterocycles. The molecule has 0 aliphatic carbocycles. The highest BCUT2D eigenvalue weighted by atomic mass is 79.9. The molecule has 0 fully saturated rings. The number of hydrogen-bond acceptors (Lipinski definition) is 3. The molecule has 0 saturated carbocycles. The van der Waals surface area contributed by atoms with Crippen LogP contribution in [0.4, 0.5) is 0 Å². The lowest BCUT2D eigenvalue weighted by atomic mass is 9.96. The maximum absolute atomic E-state index is 6.07. The Hall–Kier alpha value is -1.26. The zero-order valence-electron chi connectivity index (χ0n) is 13.7. The van der Waals surface area contributed by atoms with E-state index in [-0.39, 0.29) is 6.10 Å². The van der Waals surface area contributed by atoms with Crippen molar-refractivity contribution in [2.75, 3.05) is 0 Å². The Kier molecular flexibility index (Phi) is 6.72. The zero-order valence-corrected chi connectivity index (χ0v) is 16.1. The summed E-state index contributed by atoms with van der Waals surface area (Å²) in [5.74, 6) is 1.69. The maximum atomic E-state index is 6.07. The molecule has 23 heavy (non-hydrogen) atoms. The molecular weight excluding hydrogens is 370 g/mol. The molecule has 0 N–H and O–H groups in total. The van der Waals surface area contributed by atoms with Crippen molar-refractivity contribution >= 4 is 34.5 Å². The first-order valence-electron chi connectivity index (χ1n) is 7.73. The fourth-order valence-electron chi connectivity index (χ4n) is 2.26. The molecule has 1 aliphatic rings. The highest BCUT2D eigenvalue weighted by Crippen LogP contribution is 2.36. The molecule has 1 heterocycles. The molecular formula is C19H22BrNOS. The smallest absolute Gasteiger partial charge is 0.129 e. The van der Waals surface area contributed by atoms with Gasteiger partial charge in [-0.3, -0.25) is 0 Å². The van der Waals surface area contributed by atoms with Crippen LogP contribution in [0, 0.1) is 5.92 Å². The molecule has 2 aromatic rings. The summed E-state index contributed by atoms with van der Waals surface area (Å²) in [7, 11) is 0. The monoisotopic (exact) mass is 391 g/mol. The number of fused-ring (bicyclic) bond motifs is 1. The van der Waals surface area contributed by atoms with Crippen molar-refractivity contribution in [1.82, 2.24) is 0 Å². The summed E-state index contributed by atoms with van der Waals surface area (Å²) < 4.78 is 11.2. The van der Waals surface area contributed by atoms with Crippen molar-refractivity contribution in [2.24, 2.45) is 10.3 Å². The molecule has 0 radical (unpaired) electrons. The van der Waals surface area contributed by atoms with Gasteiger partial charge in [-0.05, 0) is 42.5 Å². The zero-order chi connectivity index (χ0) is 16.8. The SMILES string of the molecule is CC(C)C.S/N=C1\CC(c2ccccc2)Oc2ccc(Br)cc21. The molecule has 0 amide bonds. The summed E-state index contributed by atoms with van der Waals surface area (Å²) in [6.07, 6.45) is 0.734. The minimum Gasteiger partial charge on any atom is -0.485 e. The fraction of sp³-hybridized carbons (Fsp3) is 0.316. The lowest BCUT2D eigenvalue weighted by molar-refractivity contribution is 0.206. The van der Waals surface area contributed by atoms with Crippen molar-refractivity contribution in [3.05, 3.63) is 64.1 Å². The predicted octanol–water partition coefficient (Wildman–Crippen LogP) is 6.27. The van der Waals surface area contributed by atoms with Crippen LogP contribution < -0.4 is 4.74 Å². The van der Waals surface area contributed by atoms with Crippen molar-refractivity contribution in [2.45, 2.75) is 33.3 Å². The lowest BCUT2D eigenvalue weighted by Gasteiger charge is -2.27. The van der Waals surface area contributed by atoms with Crippen LogP contribution in [0.3, 0.4) is 0 Å². The van der Waals surface area contributed by atoms with Gasteiger partial charge in [0.15, 0.2) is 0 Å². The van der Waals surface area contributed by atoms with Gasteiger partial charge in [-0.1, -0.05) is 67.0 Å². The first kappa shape index (κ1) is 18.1. The number of halogens is 1. The first-order valence-corrected chi connectivity index (χ1v) is 8.93. The van der Waals surface area contributed by atoms with E-state index in [2.05, 4.69) is 66.0 Å². The number of ether oxygens (including phenoxy) is 1. The lowest BCUT2D eigenvalue weighted by Crippen LogP contribution is -2.20. The topological polar surface area (TPSA) is 21.6 Å². The fourth-order valence-corrected chi connectivity index (χ4v) is 2.81. The number of benzene rings is 2. The van der Waals surface area contributed by atoms with Gasteiger partial charge in [0.05, 0.1) is 5.71 Å². The van der Waals surface area contributed by atoms with E-state index in [1.807, 2.05) is 36.4 Å². The van der Waals surface area contributed by atoms with E-state index in [1.54, 1.807) is 0 Å². The van der Waals surface area contributed by atoms with Crippen LogP contribution in [0.1, 0.15) is 44.4 Å². The second-order valence-corrected chi connectivity index (χ2v) is 7.26. The molecule has 1 atom stereocenters. The molecule has 1 aliphatic heterocycles. The van der Waals surface area contributed by atoms with E-state index in [9.17, 15) is 0 Å². The van der Waals surface area contributed by atoms with Gasteiger partial charge < -0.3 is 4.74 Å². The number of rotatable bonds is 1. The van der Waals surface area contributed by atoms with Crippen LogP contribution in [-0.4, -0.2) is 5.71 Å². The normalized spacial score (nSPS) is 18.0. The van der Waals surface area contributed by atoms with Gasteiger partial charge >= 0.3 is 0 Å². The van der Waals surface area contributed by atoms with Gasteiger partial charge in [0, 0.05) is 16.5 Å². The molecule has 0 saturated heterocycles. The third-order valence-corrected chi connectivity index (χ3v) is 3.93. The van der Waals surface area contributed by atoms with Crippen molar-refractivity contribution < 1.29 is 4.74 Å². The average Bonchev–Trinajstić information content (AvgIpc) is 2.54. The van der Waals surface area contributed by atoms with E-state index >= 15 is 0 Å². The highest BCUT2D eigenvalue weighted by Gasteiger charge is 2.26. The van der Waals surface area contributed by atoms with Crippen molar-refractivity contribution in [3.8, 4) is 5.75 Å². The minimum absolute atomic E-state index is 0.000718. The van der Waals surface area contributed by atoms with Crippen LogP contribution in [0.25, 0.3) is 0 Å². The Morgan fingerprint density at radius 3 is 2.39 bits per heavy atom. The standard InChI is InChI=1S/C15H12BrNOS.C4H10/c16-11-6-7-14-12(8-11)13(17-19)9-15(18-14)10-4-2-1-3-5-10;1-4(2)3/h1-8,15,19H,9H2;4H,1-3H3/b17-13+;. The van der Waals surface area contributed by atoms with Crippen LogP contribution in [0.2, 0.25) is 0 Å². The van der Waals surface area contributed by atoms with Crippen molar-refractivity contribution in [1.29, 1.82) is 0 Å². The molecule has 4 heteroatoms. The molecule has 122 valence electrons. The number of thiol groups is 1. The highest BCUT2D eigenvalue weighted by molar-refractivity contribution is 9.10. The second-order valence-electron chi connectivity index (χ2n) is 6.14. The van der Waals surface area contributed by atoms with E-state index in [1.165, 1.54) is 0 Å². The molecule has 2 aromatic carbocycles. The second kappa shape index (κ2) is 8.55. The predicted molar refractivity (Wildman–Crippen MR) is 105 cm³/mol. The van der Waals surface area contributed by atoms with Crippen LogP contribution in [0.15, 0.2) is 57.4 Å². The Morgan fingerprint density at radius 2 is 1.78 bits per heavy atom. The summed E-state index contributed by atoms with van der Waals surface area (Å²) in [6, 6.07) is 16.2. The molecule has 3 rings (SSSR count). The Balaban J connectivity index is 0.000000433. The Bertz CT molecular complexity index is 668. The van der Waals surface area contributed by atoms with Gasteiger partial charge in [0.1, 0.15) is 11.9 Å². The largest absolute Gasteiger partial charge is 0.485 e. The molecule has 0 spiro atoms. The minimum atomic E-state index is 0.000718. The quantitative estimate of drug-likeness (QED) is 0.568. The third kappa shape index (κ3) is 5.11. The summed E-state index contributed by atoms with van der Waals surface area (Å²) in [5, 5.41) is 0. The van der Waals surface area contributed by atoms with Crippen LogP contribution in [-0.2, 0) is 0 Å². The summed E-state index contributed by atoms with van der Waals surface area (Å²) in [4.78, 5) is 0. The number of nitrogens with zero attached hydrogens (tertiary/aromatic N) is 1. The van der Waals surface area contributed by atoms with Crippen molar-refractivity contribution in [3.63, 3.8) is 0 Å². The number of hydrogen-bond donors (Lipinski definition) is 1. The van der Waals surface area contributed by atoms with Gasteiger partial charge in [-0.2, -0.15) is 0 Å². The van der Waals surface area contributed by atoms with Crippen LogP contribution in [0.5, 0.6) is 5.75 Å². The van der Waals surface area contributed by atoms with Crippen LogP contribution >= 0.6 is 28.7 Å². The first-order chi connectivity index (χ1) is 11.0. The van der Waals surface area contributed by atoms with E-state index in [0.29, 0.717) is 0 Å². The van der Waals surface area contributed by atoms with E-state index in [4.69, 9.17) is 4.74 Å². The summed E-state index contributed by atoms with van der Waals surface area (Å²) in [5.41, 5.74) is 3.13. The maximum Gasteiger partial charge on any atom is 0.129 e. The van der Waals surface area contributed by atoms with E-state index < -0.39 is 0 Å². The molecule has 0 bridgehead atoms. The molecule has 1 unspecified atom stereocenters. The third-order valence-electron chi connectivity index (χ3n) is 3.19. The van der Waals surface area contributed by atoms with Gasteiger partial charge in [0.2, 0.25) is 0 Å². The Labute approximate surface area is 152 Å². The summed E-state index contributed by atoms with van der Waals surface area (Å²) in [6.45, 7) is 6.50.